The van der Waals surface area contributed by atoms with E-state index >= 15 is 0 Å². The minimum Gasteiger partial charge on any atom is -0.491 e. The first kappa shape index (κ1) is 19.8. The molecule has 1 aromatic carbocycles. The Morgan fingerprint density at radius 2 is 1.96 bits per heavy atom. The smallest absolute Gasteiger partial charge is 0.188 e. The highest BCUT2D eigenvalue weighted by molar-refractivity contribution is 14.0. The van der Waals surface area contributed by atoms with Crippen LogP contribution in [0.1, 0.15) is 16.0 Å². The van der Waals surface area contributed by atoms with Crippen molar-refractivity contribution in [2.24, 2.45) is 10.7 Å². The molecule has 0 unspecified atom stereocenters. The summed E-state index contributed by atoms with van der Waals surface area (Å²) in [7, 11) is 0. The van der Waals surface area contributed by atoms with E-state index in [-0.39, 0.29) is 24.0 Å². The number of hydrogen-bond acceptors (Lipinski definition) is 3. The van der Waals surface area contributed by atoms with E-state index in [1.54, 1.807) is 11.3 Å². The summed E-state index contributed by atoms with van der Waals surface area (Å²) in [6.07, 6.45) is 0.930. The molecule has 2 aromatic rings. The molecule has 23 heavy (non-hydrogen) atoms. The molecule has 0 saturated carbocycles. The Labute approximate surface area is 159 Å². The minimum absolute atomic E-state index is 0. The third kappa shape index (κ3) is 6.78. The standard InChI is InChI=1S/C17H23N3OS.HI/c1-13-5-3-6-14(2)16(13)21-11-10-20-17(18)19-9-8-15-7-4-12-22-15;/h3-7,12H,8-11H2,1-2H3,(H3,18,19,20);1H. The van der Waals surface area contributed by atoms with Gasteiger partial charge in [-0.15, -0.1) is 35.3 Å². The fourth-order valence-corrected chi connectivity index (χ4v) is 2.85. The summed E-state index contributed by atoms with van der Waals surface area (Å²) in [5.74, 6) is 1.43. The molecule has 0 spiro atoms. The van der Waals surface area contributed by atoms with E-state index in [0.717, 1.165) is 23.3 Å². The Hall–Kier alpha value is -1.28. The van der Waals surface area contributed by atoms with Crippen LogP contribution < -0.4 is 15.8 Å². The second kappa shape index (κ2) is 10.5. The molecule has 0 bridgehead atoms. The van der Waals surface area contributed by atoms with E-state index in [4.69, 9.17) is 10.5 Å². The van der Waals surface area contributed by atoms with E-state index in [1.807, 2.05) is 6.07 Å². The summed E-state index contributed by atoms with van der Waals surface area (Å²) in [6, 6.07) is 10.3. The third-order valence-electron chi connectivity index (χ3n) is 3.28. The largest absolute Gasteiger partial charge is 0.491 e. The zero-order valence-corrected chi connectivity index (χ0v) is 16.7. The van der Waals surface area contributed by atoms with Crippen LogP contribution in [-0.2, 0) is 6.42 Å². The number of ether oxygens (including phenoxy) is 1. The molecular weight excluding hydrogens is 421 g/mol. The van der Waals surface area contributed by atoms with Crippen molar-refractivity contribution < 1.29 is 4.74 Å². The quantitative estimate of drug-likeness (QED) is 0.297. The molecule has 0 radical (unpaired) electrons. The van der Waals surface area contributed by atoms with Gasteiger partial charge in [-0.25, -0.2) is 0 Å². The van der Waals surface area contributed by atoms with Crippen LogP contribution in [0.5, 0.6) is 5.75 Å². The second-order valence-corrected chi connectivity index (χ2v) is 6.12. The molecule has 1 heterocycles. The molecule has 0 aliphatic heterocycles. The van der Waals surface area contributed by atoms with E-state index < -0.39 is 0 Å². The maximum absolute atomic E-state index is 5.84. The number of rotatable bonds is 7. The van der Waals surface area contributed by atoms with Crippen molar-refractivity contribution in [2.75, 3.05) is 19.7 Å². The molecule has 6 heteroatoms. The van der Waals surface area contributed by atoms with Gasteiger partial charge in [0.25, 0.3) is 0 Å². The maximum Gasteiger partial charge on any atom is 0.188 e. The molecule has 0 aliphatic carbocycles. The Kier molecular flexibility index (Phi) is 9.01. The lowest BCUT2D eigenvalue weighted by molar-refractivity contribution is 0.318. The first-order valence-electron chi connectivity index (χ1n) is 7.42. The highest BCUT2D eigenvalue weighted by Gasteiger charge is 2.02. The number of guanidine groups is 1. The minimum atomic E-state index is 0. The van der Waals surface area contributed by atoms with E-state index in [0.29, 0.717) is 25.7 Å². The van der Waals surface area contributed by atoms with Gasteiger partial charge in [-0.1, -0.05) is 24.3 Å². The van der Waals surface area contributed by atoms with Crippen LogP contribution in [0.2, 0.25) is 0 Å². The Morgan fingerprint density at radius 3 is 2.61 bits per heavy atom. The van der Waals surface area contributed by atoms with Crippen LogP contribution >= 0.6 is 35.3 Å². The lowest BCUT2D eigenvalue weighted by atomic mass is 10.1. The fraction of sp³-hybridized carbons (Fsp3) is 0.353. The van der Waals surface area contributed by atoms with Crippen LogP contribution in [0, 0.1) is 13.8 Å². The molecule has 0 amide bonds. The van der Waals surface area contributed by atoms with Crippen LogP contribution in [0.4, 0.5) is 0 Å². The molecular formula is C17H24IN3OS. The molecule has 126 valence electrons. The molecule has 0 fully saturated rings. The van der Waals surface area contributed by atoms with Crippen molar-refractivity contribution in [2.45, 2.75) is 20.3 Å². The lowest BCUT2D eigenvalue weighted by Gasteiger charge is -2.12. The molecule has 4 nitrogen and oxygen atoms in total. The van der Waals surface area contributed by atoms with Crippen molar-refractivity contribution in [3.8, 4) is 5.75 Å². The lowest BCUT2D eigenvalue weighted by Crippen LogP contribution is -2.35. The van der Waals surface area contributed by atoms with Gasteiger partial charge in [0.05, 0.1) is 6.54 Å². The molecule has 0 atom stereocenters. The molecule has 0 aliphatic rings. The predicted molar refractivity (Wildman–Crippen MR) is 109 cm³/mol. The van der Waals surface area contributed by atoms with Gasteiger partial charge in [0.1, 0.15) is 12.4 Å². The maximum atomic E-state index is 5.84. The number of benzene rings is 1. The normalized spacial score (nSPS) is 11.0. The summed E-state index contributed by atoms with van der Waals surface area (Å²) in [5, 5.41) is 5.15. The van der Waals surface area contributed by atoms with Crippen LogP contribution in [0.15, 0.2) is 40.7 Å². The SMILES string of the molecule is Cc1cccc(C)c1OCCNC(N)=NCCc1cccs1.I. The van der Waals surface area contributed by atoms with Gasteiger partial charge in [0, 0.05) is 17.8 Å². The van der Waals surface area contributed by atoms with E-state index in [2.05, 4.69) is 53.8 Å². The van der Waals surface area contributed by atoms with Crippen molar-refractivity contribution in [3.63, 3.8) is 0 Å². The third-order valence-corrected chi connectivity index (χ3v) is 4.22. The van der Waals surface area contributed by atoms with E-state index in [1.165, 1.54) is 4.88 Å². The number of hydrogen-bond donors (Lipinski definition) is 2. The summed E-state index contributed by atoms with van der Waals surface area (Å²) >= 11 is 1.75. The topological polar surface area (TPSA) is 59.6 Å². The van der Waals surface area contributed by atoms with Gasteiger partial charge in [-0.2, -0.15) is 0 Å². The highest BCUT2D eigenvalue weighted by Crippen LogP contribution is 2.21. The zero-order valence-electron chi connectivity index (χ0n) is 13.5. The predicted octanol–water partition coefficient (Wildman–Crippen LogP) is 3.51. The molecule has 0 saturated heterocycles. The van der Waals surface area contributed by atoms with Crippen LogP contribution in [0.3, 0.4) is 0 Å². The van der Waals surface area contributed by atoms with Gasteiger partial charge in [-0.3, -0.25) is 4.99 Å². The summed E-state index contributed by atoms with van der Waals surface area (Å²) in [4.78, 5) is 5.64. The Bertz CT molecular complexity index is 594. The molecule has 2 rings (SSSR count). The van der Waals surface area contributed by atoms with Gasteiger partial charge < -0.3 is 15.8 Å². The summed E-state index contributed by atoms with van der Waals surface area (Å²) in [5.41, 5.74) is 8.14. The number of para-hydroxylation sites is 1. The van der Waals surface area contributed by atoms with E-state index in [9.17, 15) is 0 Å². The van der Waals surface area contributed by atoms with Gasteiger partial charge >= 0.3 is 0 Å². The van der Waals surface area contributed by atoms with Gasteiger partial charge in [0.2, 0.25) is 0 Å². The molecule has 1 aromatic heterocycles. The first-order chi connectivity index (χ1) is 10.7. The average molecular weight is 445 g/mol. The van der Waals surface area contributed by atoms with Crippen molar-refractivity contribution in [3.05, 3.63) is 51.7 Å². The fourth-order valence-electron chi connectivity index (χ4n) is 2.16. The number of nitrogens with one attached hydrogen (secondary N) is 1. The summed E-state index contributed by atoms with van der Waals surface area (Å²) < 4.78 is 5.81. The second-order valence-electron chi connectivity index (χ2n) is 5.09. The van der Waals surface area contributed by atoms with Crippen molar-refractivity contribution in [1.29, 1.82) is 0 Å². The summed E-state index contributed by atoms with van der Waals surface area (Å²) in [6.45, 7) is 6.01. The number of aliphatic imine (C=N–C) groups is 1. The van der Waals surface area contributed by atoms with Crippen molar-refractivity contribution in [1.82, 2.24) is 5.32 Å². The van der Waals surface area contributed by atoms with Crippen LogP contribution in [-0.4, -0.2) is 25.7 Å². The number of halogens is 1. The Balaban J connectivity index is 0.00000264. The number of aryl methyl sites for hydroxylation is 2. The van der Waals surface area contributed by atoms with Crippen molar-refractivity contribution >= 4 is 41.3 Å². The first-order valence-corrected chi connectivity index (χ1v) is 8.30. The zero-order chi connectivity index (χ0) is 15.8. The van der Waals surface area contributed by atoms with Gasteiger partial charge in [0.15, 0.2) is 5.96 Å². The average Bonchev–Trinajstić information content (AvgIpc) is 2.99. The number of nitrogens with two attached hydrogens (primary N) is 1. The highest BCUT2D eigenvalue weighted by atomic mass is 127. The monoisotopic (exact) mass is 445 g/mol. The number of nitrogens with zero attached hydrogens (tertiary/aromatic N) is 1. The van der Waals surface area contributed by atoms with Crippen LogP contribution in [0.25, 0.3) is 0 Å². The molecule has 3 N–H and O–H groups in total. The Morgan fingerprint density at radius 1 is 1.22 bits per heavy atom. The number of thiophene rings is 1. The van der Waals surface area contributed by atoms with Gasteiger partial charge in [-0.05, 0) is 36.4 Å².